The number of rotatable bonds is 3. The SMILES string of the molecule is O=[N+]([O-])c1cc(Br)ccc1Nc1nc2c(s1)CCC2. The van der Waals surface area contributed by atoms with Crippen LogP contribution in [-0.4, -0.2) is 9.91 Å². The molecule has 0 fully saturated rings. The summed E-state index contributed by atoms with van der Waals surface area (Å²) in [5.74, 6) is 0. The molecule has 0 saturated carbocycles. The first kappa shape index (κ1) is 12.6. The normalized spacial score (nSPS) is 13.3. The zero-order valence-corrected chi connectivity index (χ0v) is 12.3. The van der Waals surface area contributed by atoms with Crippen molar-refractivity contribution >= 4 is 43.8 Å². The van der Waals surface area contributed by atoms with Gasteiger partial charge in [0.25, 0.3) is 5.69 Å². The second-order valence-corrected chi connectivity index (χ2v) is 6.29. The molecule has 0 saturated heterocycles. The molecule has 2 aromatic rings. The average molecular weight is 340 g/mol. The Balaban J connectivity index is 1.92. The van der Waals surface area contributed by atoms with Gasteiger partial charge in [-0.15, -0.1) is 11.3 Å². The number of hydrogen-bond acceptors (Lipinski definition) is 5. The van der Waals surface area contributed by atoms with Crippen LogP contribution in [0.5, 0.6) is 0 Å². The van der Waals surface area contributed by atoms with Crippen LogP contribution < -0.4 is 5.32 Å². The van der Waals surface area contributed by atoms with Gasteiger partial charge < -0.3 is 5.32 Å². The molecule has 1 aromatic heterocycles. The number of nitro groups is 1. The second kappa shape index (κ2) is 4.90. The van der Waals surface area contributed by atoms with E-state index in [4.69, 9.17) is 0 Å². The van der Waals surface area contributed by atoms with E-state index in [0.717, 1.165) is 30.1 Å². The molecule has 0 atom stereocenters. The molecule has 0 radical (unpaired) electrons. The van der Waals surface area contributed by atoms with Crippen LogP contribution in [0.25, 0.3) is 0 Å². The minimum atomic E-state index is -0.394. The Morgan fingerprint density at radius 2 is 2.26 bits per heavy atom. The molecule has 3 rings (SSSR count). The maximum absolute atomic E-state index is 11.0. The summed E-state index contributed by atoms with van der Waals surface area (Å²) in [6, 6.07) is 4.95. The van der Waals surface area contributed by atoms with Gasteiger partial charge in [0.05, 0.1) is 10.6 Å². The number of nitrogens with zero attached hydrogens (tertiary/aromatic N) is 2. The molecule has 0 aliphatic heterocycles. The maximum atomic E-state index is 11.0. The van der Waals surface area contributed by atoms with Crippen LogP contribution in [0.2, 0.25) is 0 Å². The van der Waals surface area contributed by atoms with Crippen molar-refractivity contribution in [2.24, 2.45) is 0 Å². The lowest BCUT2D eigenvalue weighted by molar-refractivity contribution is -0.384. The summed E-state index contributed by atoms with van der Waals surface area (Å²) >= 11 is 4.83. The number of halogens is 1. The van der Waals surface area contributed by atoms with Crippen molar-refractivity contribution in [2.45, 2.75) is 19.3 Å². The van der Waals surface area contributed by atoms with Crippen molar-refractivity contribution in [2.75, 3.05) is 5.32 Å². The third-order valence-corrected chi connectivity index (χ3v) is 4.56. The van der Waals surface area contributed by atoms with E-state index in [1.807, 2.05) is 0 Å². The topological polar surface area (TPSA) is 68.1 Å². The van der Waals surface area contributed by atoms with Gasteiger partial charge in [0, 0.05) is 15.4 Å². The Morgan fingerprint density at radius 3 is 3.00 bits per heavy atom. The molecule has 7 heteroatoms. The Kier molecular flexibility index (Phi) is 3.24. The molecule has 0 spiro atoms. The van der Waals surface area contributed by atoms with Gasteiger partial charge in [0.15, 0.2) is 5.13 Å². The van der Waals surface area contributed by atoms with E-state index in [-0.39, 0.29) is 5.69 Å². The van der Waals surface area contributed by atoms with Gasteiger partial charge in [0.1, 0.15) is 5.69 Å². The fraction of sp³-hybridized carbons (Fsp3) is 0.250. The van der Waals surface area contributed by atoms with E-state index >= 15 is 0 Å². The molecule has 19 heavy (non-hydrogen) atoms. The van der Waals surface area contributed by atoms with Crippen molar-refractivity contribution < 1.29 is 4.92 Å². The molecule has 1 aromatic carbocycles. The Hall–Kier alpha value is -1.47. The monoisotopic (exact) mass is 339 g/mol. The van der Waals surface area contributed by atoms with Crippen LogP contribution in [0.1, 0.15) is 17.0 Å². The van der Waals surface area contributed by atoms with E-state index in [1.54, 1.807) is 23.5 Å². The van der Waals surface area contributed by atoms with Gasteiger partial charge in [0.2, 0.25) is 0 Å². The van der Waals surface area contributed by atoms with E-state index in [0.29, 0.717) is 10.2 Å². The lowest BCUT2D eigenvalue weighted by Gasteiger charge is -2.04. The smallest absolute Gasteiger partial charge is 0.293 e. The van der Waals surface area contributed by atoms with Gasteiger partial charge in [-0.3, -0.25) is 10.1 Å². The van der Waals surface area contributed by atoms with Crippen LogP contribution in [0, 0.1) is 10.1 Å². The van der Waals surface area contributed by atoms with Gasteiger partial charge in [-0.1, -0.05) is 15.9 Å². The van der Waals surface area contributed by atoms with Crippen molar-refractivity contribution in [1.82, 2.24) is 4.98 Å². The fourth-order valence-electron chi connectivity index (χ4n) is 2.12. The van der Waals surface area contributed by atoms with Crippen LogP contribution in [-0.2, 0) is 12.8 Å². The van der Waals surface area contributed by atoms with Crippen molar-refractivity contribution in [3.8, 4) is 0 Å². The summed E-state index contributed by atoms with van der Waals surface area (Å²) in [5.41, 5.74) is 1.65. The quantitative estimate of drug-likeness (QED) is 0.676. The molecule has 1 heterocycles. The van der Waals surface area contributed by atoms with Gasteiger partial charge >= 0.3 is 0 Å². The Labute approximate surface area is 122 Å². The van der Waals surface area contributed by atoms with Gasteiger partial charge in [-0.05, 0) is 31.4 Å². The number of hydrogen-bond donors (Lipinski definition) is 1. The van der Waals surface area contributed by atoms with Crippen LogP contribution in [0.15, 0.2) is 22.7 Å². The number of anilines is 2. The average Bonchev–Trinajstić information content (AvgIpc) is 2.91. The standard InChI is InChI=1S/C12H10BrN3O2S/c13-7-4-5-8(10(6-7)16(17)18)14-12-15-9-2-1-3-11(9)19-12/h4-6H,1-3H2,(H,14,15). The molecule has 98 valence electrons. The zero-order valence-electron chi connectivity index (χ0n) is 9.85. The number of thiazole rings is 1. The zero-order chi connectivity index (χ0) is 13.4. The first-order valence-corrected chi connectivity index (χ1v) is 7.44. The largest absolute Gasteiger partial charge is 0.326 e. The summed E-state index contributed by atoms with van der Waals surface area (Å²) < 4.78 is 0.686. The van der Waals surface area contributed by atoms with Crippen molar-refractivity contribution in [3.63, 3.8) is 0 Å². The number of nitro benzene ring substituents is 1. The summed E-state index contributed by atoms with van der Waals surface area (Å²) in [6.45, 7) is 0. The molecule has 0 amide bonds. The fourth-order valence-corrected chi connectivity index (χ4v) is 3.53. The van der Waals surface area contributed by atoms with E-state index in [1.165, 1.54) is 10.9 Å². The van der Waals surface area contributed by atoms with Gasteiger partial charge in [-0.2, -0.15) is 0 Å². The molecule has 1 N–H and O–H groups in total. The number of nitrogens with one attached hydrogen (secondary N) is 1. The minimum Gasteiger partial charge on any atom is -0.326 e. The Morgan fingerprint density at radius 1 is 1.42 bits per heavy atom. The lowest BCUT2D eigenvalue weighted by atomic mass is 10.3. The number of fused-ring (bicyclic) bond motifs is 1. The van der Waals surface area contributed by atoms with Crippen LogP contribution in [0.3, 0.4) is 0 Å². The summed E-state index contributed by atoms with van der Waals surface area (Å²) in [7, 11) is 0. The summed E-state index contributed by atoms with van der Waals surface area (Å²) in [6.07, 6.45) is 3.24. The first-order chi connectivity index (χ1) is 9.13. The highest BCUT2D eigenvalue weighted by molar-refractivity contribution is 9.10. The van der Waals surface area contributed by atoms with E-state index in [9.17, 15) is 10.1 Å². The van der Waals surface area contributed by atoms with Crippen molar-refractivity contribution in [1.29, 1.82) is 0 Å². The second-order valence-electron chi connectivity index (χ2n) is 4.29. The third-order valence-electron chi connectivity index (χ3n) is 2.99. The highest BCUT2D eigenvalue weighted by Crippen LogP contribution is 2.35. The Bertz CT molecular complexity index is 635. The van der Waals surface area contributed by atoms with Crippen LogP contribution >= 0.6 is 27.3 Å². The van der Waals surface area contributed by atoms with E-state index < -0.39 is 4.92 Å². The molecular formula is C12H10BrN3O2S. The summed E-state index contributed by atoms with van der Waals surface area (Å²) in [5, 5.41) is 14.8. The van der Waals surface area contributed by atoms with Gasteiger partial charge in [-0.25, -0.2) is 4.98 Å². The first-order valence-electron chi connectivity index (χ1n) is 5.83. The molecule has 1 aliphatic rings. The maximum Gasteiger partial charge on any atom is 0.293 e. The number of aryl methyl sites for hydroxylation is 2. The number of benzene rings is 1. The molecule has 5 nitrogen and oxygen atoms in total. The van der Waals surface area contributed by atoms with Crippen LogP contribution in [0.4, 0.5) is 16.5 Å². The number of aromatic nitrogens is 1. The van der Waals surface area contributed by atoms with Crippen molar-refractivity contribution in [3.05, 3.63) is 43.4 Å². The predicted molar refractivity (Wildman–Crippen MR) is 78.2 cm³/mol. The molecule has 1 aliphatic carbocycles. The third kappa shape index (κ3) is 2.48. The predicted octanol–water partition coefficient (Wildman–Crippen LogP) is 4.05. The van der Waals surface area contributed by atoms with E-state index in [2.05, 4.69) is 26.2 Å². The molecule has 0 unspecified atom stereocenters. The summed E-state index contributed by atoms with van der Waals surface area (Å²) in [4.78, 5) is 16.4. The minimum absolute atomic E-state index is 0.0461. The highest BCUT2D eigenvalue weighted by atomic mass is 79.9. The molecule has 0 bridgehead atoms. The molecular weight excluding hydrogens is 330 g/mol. The lowest BCUT2D eigenvalue weighted by Crippen LogP contribution is -1.97. The highest BCUT2D eigenvalue weighted by Gasteiger charge is 2.19.